The van der Waals surface area contributed by atoms with Crippen molar-refractivity contribution < 1.29 is 0 Å². The molecule has 0 radical (unpaired) electrons. The number of hydrogen-bond acceptors (Lipinski definition) is 3. The SMILES string of the molecule is c1ccc(Cc2cn(CC3CCNCC3)nn2)cc1. The molecule has 0 aliphatic carbocycles. The van der Waals surface area contributed by atoms with Gasteiger partial charge in [0.15, 0.2) is 0 Å². The van der Waals surface area contributed by atoms with Gasteiger partial charge in [-0.15, -0.1) is 5.10 Å². The summed E-state index contributed by atoms with van der Waals surface area (Å²) < 4.78 is 2.01. The van der Waals surface area contributed by atoms with Gasteiger partial charge in [0.05, 0.1) is 5.69 Å². The van der Waals surface area contributed by atoms with Gasteiger partial charge < -0.3 is 5.32 Å². The third-order valence-electron chi connectivity index (χ3n) is 3.72. The van der Waals surface area contributed by atoms with Crippen molar-refractivity contribution in [3.63, 3.8) is 0 Å². The summed E-state index contributed by atoms with van der Waals surface area (Å²) in [5.74, 6) is 0.743. The molecule has 4 heteroatoms. The molecule has 1 N–H and O–H groups in total. The summed E-state index contributed by atoms with van der Waals surface area (Å²) in [7, 11) is 0. The highest BCUT2D eigenvalue weighted by atomic mass is 15.4. The number of rotatable bonds is 4. The third kappa shape index (κ3) is 3.41. The molecule has 1 aromatic carbocycles. The van der Waals surface area contributed by atoms with E-state index in [9.17, 15) is 0 Å². The maximum atomic E-state index is 4.27. The lowest BCUT2D eigenvalue weighted by Gasteiger charge is -2.21. The molecule has 19 heavy (non-hydrogen) atoms. The molecular formula is C15H20N4. The van der Waals surface area contributed by atoms with Crippen molar-refractivity contribution in [3.8, 4) is 0 Å². The fraction of sp³-hybridized carbons (Fsp3) is 0.467. The molecule has 0 unspecified atom stereocenters. The van der Waals surface area contributed by atoms with Crippen LogP contribution in [-0.4, -0.2) is 28.1 Å². The standard InChI is InChI=1S/C15H20N4/c1-2-4-13(5-3-1)10-15-12-19(18-17-15)11-14-6-8-16-9-7-14/h1-5,12,14,16H,6-11H2. The van der Waals surface area contributed by atoms with E-state index in [0.29, 0.717) is 0 Å². The Bertz CT molecular complexity index is 500. The molecule has 4 nitrogen and oxygen atoms in total. The maximum absolute atomic E-state index is 4.27. The van der Waals surface area contributed by atoms with E-state index < -0.39 is 0 Å². The Hall–Kier alpha value is -1.68. The fourth-order valence-corrected chi connectivity index (χ4v) is 2.64. The minimum absolute atomic E-state index is 0.743. The Kier molecular flexibility index (Phi) is 3.89. The predicted molar refractivity (Wildman–Crippen MR) is 74.9 cm³/mol. The van der Waals surface area contributed by atoms with E-state index in [-0.39, 0.29) is 0 Å². The molecule has 0 bridgehead atoms. The Balaban J connectivity index is 1.59. The van der Waals surface area contributed by atoms with Gasteiger partial charge in [-0.05, 0) is 37.4 Å². The van der Waals surface area contributed by atoms with Crippen molar-refractivity contribution in [2.45, 2.75) is 25.8 Å². The van der Waals surface area contributed by atoms with Crippen LogP contribution in [0.2, 0.25) is 0 Å². The number of aromatic nitrogens is 3. The number of benzene rings is 1. The van der Waals surface area contributed by atoms with Gasteiger partial charge in [-0.25, -0.2) is 0 Å². The van der Waals surface area contributed by atoms with Crippen LogP contribution in [0.4, 0.5) is 0 Å². The van der Waals surface area contributed by atoms with Crippen LogP contribution in [0.3, 0.4) is 0 Å². The van der Waals surface area contributed by atoms with Crippen LogP contribution in [0.5, 0.6) is 0 Å². The molecule has 1 aliphatic rings. The van der Waals surface area contributed by atoms with Crippen LogP contribution >= 0.6 is 0 Å². The topological polar surface area (TPSA) is 42.7 Å². The summed E-state index contributed by atoms with van der Waals surface area (Å²) in [5.41, 5.74) is 2.34. The van der Waals surface area contributed by atoms with Crippen molar-refractivity contribution in [2.24, 2.45) is 5.92 Å². The largest absolute Gasteiger partial charge is 0.317 e. The quantitative estimate of drug-likeness (QED) is 0.908. The van der Waals surface area contributed by atoms with E-state index >= 15 is 0 Å². The Morgan fingerprint density at radius 1 is 1.16 bits per heavy atom. The lowest BCUT2D eigenvalue weighted by Crippen LogP contribution is -2.30. The van der Waals surface area contributed by atoms with Crippen LogP contribution in [0.1, 0.15) is 24.1 Å². The lowest BCUT2D eigenvalue weighted by molar-refractivity contribution is 0.318. The second-order valence-electron chi connectivity index (χ2n) is 5.29. The van der Waals surface area contributed by atoms with Crippen LogP contribution < -0.4 is 5.32 Å². The molecule has 0 spiro atoms. The summed E-state index contributed by atoms with van der Waals surface area (Å²) in [6.07, 6.45) is 5.45. The first kappa shape index (κ1) is 12.4. The van der Waals surface area contributed by atoms with E-state index in [1.165, 1.54) is 18.4 Å². The summed E-state index contributed by atoms with van der Waals surface area (Å²) in [6.45, 7) is 3.27. The third-order valence-corrected chi connectivity index (χ3v) is 3.72. The fourth-order valence-electron chi connectivity index (χ4n) is 2.64. The summed E-state index contributed by atoms with van der Waals surface area (Å²) in [4.78, 5) is 0. The molecule has 2 heterocycles. The summed E-state index contributed by atoms with van der Waals surface area (Å²) in [6, 6.07) is 10.4. The van der Waals surface area contributed by atoms with Crippen LogP contribution in [0.25, 0.3) is 0 Å². The predicted octanol–water partition coefficient (Wildman–Crippen LogP) is 1.87. The average Bonchev–Trinajstić information content (AvgIpc) is 2.88. The number of nitrogens with one attached hydrogen (secondary N) is 1. The van der Waals surface area contributed by atoms with Gasteiger partial charge >= 0.3 is 0 Å². The molecule has 1 saturated heterocycles. The molecule has 3 rings (SSSR count). The van der Waals surface area contributed by atoms with Crippen molar-refractivity contribution in [2.75, 3.05) is 13.1 Å². The highest BCUT2D eigenvalue weighted by Crippen LogP contribution is 2.14. The monoisotopic (exact) mass is 256 g/mol. The molecule has 0 saturated carbocycles. The number of hydrogen-bond donors (Lipinski definition) is 1. The van der Waals surface area contributed by atoms with Crippen molar-refractivity contribution in [3.05, 3.63) is 47.8 Å². The zero-order valence-electron chi connectivity index (χ0n) is 11.1. The molecule has 0 amide bonds. The van der Waals surface area contributed by atoms with Gasteiger partial charge in [-0.3, -0.25) is 4.68 Å². The first-order chi connectivity index (χ1) is 9.40. The van der Waals surface area contributed by atoms with E-state index in [1.807, 2.05) is 10.7 Å². The van der Waals surface area contributed by atoms with Gasteiger partial charge in [0.1, 0.15) is 0 Å². The Morgan fingerprint density at radius 2 is 1.95 bits per heavy atom. The van der Waals surface area contributed by atoms with Gasteiger partial charge in [-0.1, -0.05) is 35.5 Å². The normalized spacial score (nSPS) is 16.6. The van der Waals surface area contributed by atoms with Crippen LogP contribution in [-0.2, 0) is 13.0 Å². The summed E-state index contributed by atoms with van der Waals surface area (Å²) in [5, 5.41) is 11.9. The zero-order chi connectivity index (χ0) is 12.9. The van der Waals surface area contributed by atoms with E-state index in [1.54, 1.807) is 0 Å². The van der Waals surface area contributed by atoms with Crippen molar-refractivity contribution >= 4 is 0 Å². The van der Waals surface area contributed by atoms with Gasteiger partial charge in [-0.2, -0.15) is 0 Å². The Morgan fingerprint density at radius 3 is 2.74 bits per heavy atom. The van der Waals surface area contributed by atoms with Crippen LogP contribution in [0, 0.1) is 5.92 Å². The molecule has 100 valence electrons. The molecule has 1 aliphatic heterocycles. The highest BCUT2D eigenvalue weighted by Gasteiger charge is 2.14. The minimum atomic E-state index is 0.743. The summed E-state index contributed by atoms with van der Waals surface area (Å²) >= 11 is 0. The maximum Gasteiger partial charge on any atom is 0.0870 e. The second kappa shape index (κ2) is 5.97. The second-order valence-corrected chi connectivity index (χ2v) is 5.29. The minimum Gasteiger partial charge on any atom is -0.317 e. The molecule has 1 fully saturated rings. The van der Waals surface area contributed by atoms with Gasteiger partial charge in [0.25, 0.3) is 0 Å². The van der Waals surface area contributed by atoms with E-state index in [0.717, 1.165) is 37.7 Å². The van der Waals surface area contributed by atoms with E-state index in [2.05, 4.69) is 46.1 Å². The highest BCUT2D eigenvalue weighted by molar-refractivity contribution is 5.19. The average molecular weight is 256 g/mol. The van der Waals surface area contributed by atoms with Gasteiger partial charge in [0, 0.05) is 19.2 Å². The first-order valence-corrected chi connectivity index (χ1v) is 7.04. The van der Waals surface area contributed by atoms with E-state index in [4.69, 9.17) is 0 Å². The zero-order valence-corrected chi connectivity index (χ0v) is 11.1. The number of nitrogens with zero attached hydrogens (tertiary/aromatic N) is 3. The molecular weight excluding hydrogens is 236 g/mol. The molecule has 2 aromatic rings. The van der Waals surface area contributed by atoms with Gasteiger partial charge in [0.2, 0.25) is 0 Å². The Labute approximate surface area is 113 Å². The smallest absolute Gasteiger partial charge is 0.0870 e. The molecule has 1 aromatic heterocycles. The lowest BCUT2D eigenvalue weighted by atomic mass is 9.98. The number of piperidine rings is 1. The van der Waals surface area contributed by atoms with Crippen molar-refractivity contribution in [1.82, 2.24) is 20.3 Å². The van der Waals surface area contributed by atoms with Crippen molar-refractivity contribution in [1.29, 1.82) is 0 Å². The van der Waals surface area contributed by atoms with Crippen LogP contribution in [0.15, 0.2) is 36.5 Å². The first-order valence-electron chi connectivity index (χ1n) is 7.04. The molecule has 0 atom stereocenters.